The summed E-state index contributed by atoms with van der Waals surface area (Å²) in [5.41, 5.74) is 3.38. The molecule has 0 amide bonds. The standard InChI is InChI=1S/C21H23F3N2O2/c1-5-26(4)13-25-19-10-14(2)18(9-15(19)3)20(27)12-16-7-6-8-17(11-16)28-21(22,23)24/h6-11,13H,5,12H2,1-4H3. The Balaban J connectivity index is 2.20. The molecule has 0 fully saturated rings. The van der Waals surface area contributed by atoms with Crippen LogP contribution in [0.15, 0.2) is 41.4 Å². The molecule has 0 aliphatic rings. The molecule has 0 atom stereocenters. The van der Waals surface area contributed by atoms with Gasteiger partial charge in [0.1, 0.15) is 5.75 Å². The predicted molar refractivity (Wildman–Crippen MR) is 104 cm³/mol. The molecule has 150 valence electrons. The number of benzene rings is 2. The van der Waals surface area contributed by atoms with E-state index in [0.717, 1.165) is 23.4 Å². The van der Waals surface area contributed by atoms with Gasteiger partial charge in [-0.1, -0.05) is 12.1 Å². The van der Waals surface area contributed by atoms with Gasteiger partial charge in [-0.05, 0) is 61.7 Å². The van der Waals surface area contributed by atoms with Crippen molar-refractivity contribution in [2.45, 2.75) is 33.6 Å². The Hall–Kier alpha value is -2.83. The van der Waals surface area contributed by atoms with Crippen LogP contribution in [0.3, 0.4) is 0 Å². The van der Waals surface area contributed by atoms with Gasteiger partial charge in [0.05, 0.1) is 12.0 Å². The number of halogens is 3. The number of Topliss-reactive ketones (excluding diaryl/α,β-unsaturated/α-hetero) is 1. The lowest BCUT2D eigenvalue weighted by Crippen LogP contribution is -2.17. The molecule has 0 aliphatic carbocycles. The van der Waals surface area contributed by atoms with Gasteiger partial charge in [-0.2, -0.15) is 0 Å². The second kappa shape index (κ2) is 8.91. The molecule has 0 spiro atoms. The minimum absolute atomic E-state index is 0.0173. The topological polar surface area (TPSA) is 41.9 Å². The Kier molecular flexibility index (Phi) is 6.83. The van der Waals surface area contributed by atoms with Gasteiger partial charge in [0.2, 0.25) is 0 Å². The van der Waals surface area contributed by atoms with Crippen molar-refractivity contribution in [2.75, 3.05) is 13.6 Å². The maximum absolute atomic E-state index is 12.7. The molecule has 2 aromatic rings. The van der Waals surface area contributed by atoms with Crippen molar-refractivity contribution >= 4 is 17.8 Å². The minimum atomic E-state index is -4.77. The third-order valence-electron chi connectivity index (χ3n) is 4.23. The first-order valence-electron chi connectivity index (χ1n) is 8.82. The summed E-state index contributed by atoms with van der Waals surface area (Å²) >= 11 is 0. The first-order valence-corrected chi connectivity index (χ1v) is 8.82. The fraction of sp³-hybridized carbons (Fsp3) is 0.333. The van der Waals surface area contributed by atoms with Crippen LogP contribution in [0.4, 0.5) is 18.9 Å². The molecule has 2 aromatic carbocycles. The quantitative estimate of drug-likeness (QED) is 0.368. The lowest BCUT2D eigenvalue weighted by Gasteiger charge is -2.12. The second-order valence-corrected chi connectivity index (χ2v) is 6.57. The largest absolute Gasteiger partial charge is 0.573 e. The zero-order valence-electron chi connectivity index (χ0n) is 16.3. The highest BCUT2D eigenvalue weighted by molar-refractivity contribution is 5.99. The molecule has 0 saturated heterocycles. The Bertz CT molecular complexity index is 876. The molecule has 0 heterocycles. The Morgan fingerprint density at radius 3 is 2.54 bits per heavy atom. The summed E-state index contributed by atoms with van der Waals surface area (Å²) in [6, 6.07) is 9.08. The normalized spacial score (nSPS) is 11.7. The van der Waals surface area contributed by atoms with E-state index in [1.807, 2.05) is 38.8 Å². The summed E-state index contributed by atoms with van der Waals surface area (Å²) in [6.07, 6.45) is -3.05. The van der Waals surface area contributed by atoms with Gasteiger partial charge in [0, 0.05) is 25.6 Å². The number of carbonyl (C=O) groups is 1. The van der Waals surface area contributed by atoms with E-state index in [2.05, 4.69) is 9.73 Å². The Labute approximate surface area is 162 Å². The number of hydrogen-bond donors (Lipinski definition) is 0. The Morgan fingerprint density at radius 1 is 1.18 bits per heavy atom. The van der Waals surface area contributed by atoms with Gasteiger partial charge in [0.15, 0.2) is 5.78 Å². The van der Waals surface area contributed by atoms with E-state index >= 15 is 0 Å². The van der Waals surface area contributed by atoms with E-state index in [9.17, 15) is 18.0 Å². The van der Waals surface area contributed by atoms with E-state index < -0.39 is 6.36 Å². The van der Waals surface area contributed by atoms with Gasteiger partial charge in [-0.3, -0.25) is 4.79 Å². The van der Waals surface area contributed by atoms with Gasteiger partial charge < -0.3 is 9.64 Å². The van der Waals surface area contributed by atoms with Crippen LogP contribution < -0.4 is 4.74 Å². The molecule has 7 heteroatoms. The number of ketones is 1. The summed E-state index contributed by atoms with van der Waals surface area (Å²) in [7, 11) is 1.92. The summed E-state index contributed by atoms with van der Waals surface area (Å²) in [4.78, 5) is 19.1. The third-order valence-corrected chi connectivity index (χ3v) is 4.23. The van der Waals surface area contributed by atoms with Gasteiger partial charge in [-0.25, -0.2) is 4.99 Å². The van der Waals surface area contributed by atoms with Crippen molar-refractivity contribution in [3.05, 3.63) is 58.7 Å². The van der Waals surface area contributed by atoms with Crippen molar-refractivity contribution in [1.29, 1.82) is 0 Å². The van der Waals surface area contributed by atoms with Crippen LogP contribution >= 0.6 is 0 Å². The van der Waals surface area contributed by atoms with Crippen LogP contribution in [-0.4, -0.2) is 37.0 Å². The molecular weight excluding hydrogens is 369 g/mol. The van der Waals surface area contributed by atoms with Crippen LogP contribution in [0, 0.1) is 13.8 Å². The summed E-state index contributed by atoms with van der Waals surface area (Å²) in [5, 5.41) is 0. The number of aliphatic imine (C=N–C) groups is 1. The van der Waals surface area contributed by atoms with E-state index in [4.69, 9.17) is 0 Å². The molecule has 4 nitrogen and oxygen atoms in total. The molecule has 0 saturated carbocycles. The fourth-order valence-electron chi connectivity index (χ4n) is 2.62. The van der Waals surface area contributed by atoms with Crippen molar-refractivity contribution in [3.63, 3.8) is 0 Å². The molecule has 0 N–H and O–H groups in total. The highest BCUT2D eigenvalue weighted by atomic mass is 19.4. The number of carbonyl (C=O) groups excluding carboxylic acids is 1. The Morgan fingerprint density at radius 2 is 1.89 bits per heavy atom. The van der Waals surface area contributed by atoms with E-state index in [1.54, 1.807) is 18.5 Å². The maximum atomic E-state index is 12.7. The smallest absolute Gasteiger partial charge is 0.406 e. The first kappa shape index (κ1) is 21.5. The van der Waals surface area contributed by atoms with Crippen molar-refractivity contribution in [1.82, 2.24) is 4.90 Å². The van der Waals surface area contributed by atoms with Crippen LogP contribution in [0.25, 0.3) is 0 Å². The van der Waals surface area contributed by atoms with Crippen LogP contribution in [-0.2, 0) is 6.42 Å². The molecule has 0 radical (unpaired) electrons. The summed E-state index contributed by atoms with van der Waals surface area (Å²) in [6.45, 7) is 6.53. The highest BCUT2D eigenvalue weighted by Gasteiger charge is 2.31. The summed E-state index contributed by atoms with van der Waals surface area (Å²) < 4.78 is 41.0. The van der Waals surface area contributed by atoms with Gasteiger partial charge in [-0.15, -0.1) is 13.2 Å². The van der Waals surface area contributed by atoms with E-state index in [1.165, 1.54) is 18.2 Å². The van der Waals surface area contributed by atoms with Crippen molar-refractivity contribution in [2.24, 2.45) is 4.99 Å². The van der Waals surface area contributed by atoms with Gasteiger partial charge >= 0.3 is 6.36 Å². The number of ether oxygens (including phenoxy) is 1. The molecule has 0 bridgehead atoms. The van der Waals surface area contributed by atoms with E-state index in [0.29, 0.717) is 11.1 Å². The molecule has 28 heavy (non-hydrogen) atoms. The number of rotatable bonds is 7. The predicted octanol–water partition coefficient (Wildman–Crippen LogP) is 5.24. The lowest BCUT2D eigenvalue weighted by molar-refractivity contribution is -0.274. The van der Waals surface area contributed by atoms with Gasteiger partial charge in [0.25, 0.3) is 0 Å². The average molecular weight is 392 g/mol. The zero-order chi connectivity index (χ0) is 20.9. The molecular formula is C21H23F3N2O2. The first-order chi connectivity index (χ1) is 13.1. The van der Waals surface area contributed by atoms with Crippen molar-refractivity contribution in [3.8, 4) is 5.75 Å². The number of alkyl halides is 3. The van der Waals surface area contributed by atoms with E-state index in [-0.39, 0.29) is 18.0 Å². The fourth-order valence-corrected chi connectivity index (χ4v) is 2.62. The highest BCUT2D eigenvalue weighted by Crippen LogP contribution is 2.26. The maximum Gasteiger partial charge on any atom is 0.573 e. The molecule has 0 unspecified atom stereocenters. The SMILES string of the molecule is CCN(C)C=Nc1cc(C)c(C(=O)Cc2cccc(OC(F)(F)F)c2)cc1C. The number of hydrogen-bond acceptors (Lipinski definition) is 3. The monoisotopic (exact) mass is 392 g/mol. The second-order valence-electron chi connectivity index (χ2n) is 6.57. The van der Waals surface area contributed by atoms with Crippen LogP contribution in [0.1, 0.15) is 34.0 Å². The average Bonchev–Trinajstić information content (AvgIpc) is 2.60. The summed E-state index contributed by atoms with van der Waals surface area (Å²) in [5.74, 6) is -0.513. The van der Waals surface area contributed by atoms with Crippen LogP contribution in [0.2, 0.25) is 0 Å². The third kappa shape index (κ3) is 6.11. The number of aryl methyl sites for hydroxylation is 2. The lowest BCUT2D eigenvalue weighted by atomic mass is 9.96. The zero-order valence-corrected chi connectivity index (χ0v) is 16.3. The van der Waals surface area contributed by atoms with Crippen molar-refractivity contribution < 1.29 is 22.7 Å². The molecule has 0 aromatic heterocycles. The minimum Gasteiger partial charge on any atom is -0.406 e. The molecule has 2 rings (SSSR count). The molecule has 0 aliphatic heterocycles. The number of nitrogens with zero attached hydrogens (tertiary/aromatic N) is 2. The van der Waals surface area contributed by atoms with Crippen LogP contribution in [0.5, 0.6) is 5.75 Å².